The molecule has 1 aliphatic rings. The molecule has 1 aromatic heterocycles. The Labute approximate surface area is 108 Å². The van der Waals surface area contributed by atoms with Gasteiger partial charge in [-0.25, -0.2) is 0 Å². The Balaban J connectivity index is 1.83. The summed E-state index contributed by atoms with van der Waals surface area (Å²) in [4.78, 5) is 16.0. The summed E-state index contributed by atoms with van der Waals surface area (Å²) >= 11 is 0. The summed E-state index contributed by atoms with van der Waals surface area (Å²) in [6.07, 6.45) is 1.63. The van der Waals surface area contributed by atoms with Gasteiger partial charge < -0.3 is 14.6 Å². The van der Waals surface area contributed by atoms with Crippen LogP contribution in [0.25, 0.3) is 0 Å². The summed E-state index contributed by atoms with van der Waals surface area (Å²) in [7, 11) is 1.82. The highest BCUT2D eigenvalue weighted by atomic mass is 16.3. The molecule has 1 aromatic rings. The van der Waals surface area contributed by atoms with E-state index in [-0.39, 0.29) is 5.91 Å². The molecule has 2 heterocycles. The Hall–Kier alpha value is -1.33. The third-order valence-electron chi connectivity index (χ3n) is 3.38. The Morgan fingerprint density at radius 2 is 2.50 bits per heavy atom. The highest BCUT2D eigenvalue weighted by molar-refractivity contribution is 5.78. The van der Waals surface area contributed by atoms with Crippen molar-refractivity contribution in [3.63, 3.8) is 0 Å². The zero-order chi connectivity index (χ0) is 13.0. The second-order valence-electron chi connectivity index (χ2n) is 4.85. The van der Waals surface area contributed by atoms with Crippen LogP contribution in [0.15, 0.2) is 22.8 Å². The van der Waals surface area contributed by atoms with E-state index < -0.39 is 0 Å². The topological polar surface area (TPSA) is 48.7 Å². The van der Waals surface area contributed by atoms with Crippen LogP contribution < -0.4 is 5.32 Å². The van der Waals surface area contributed by atoms with Gasteiger partial charge in [-0.05, 0) is 19.1 Å². The van der Waals surface area contributed by atoms with E-state index in [2.05, 4.69) is 17.1 Å². The smallest absolute Gasteiger partial charge is 0.236 e. The van der Waals surface area contributed by atoms with Crippen LogP contribution in [-0.4, -0.2) is 55.0 Å². The molecule has 18 heavy (non-hydrogen) atoms. The molecule has 1 aliphatic heterocycles. The number of rotatable bonds is 4. The normalized spacial score (nSPS) is 20.9. The maximum atomic E-state index is 12.1. The summed E-state index contributed by atoms with van der Waals surface area (Å²) in [5.41, 5.74) is 0. The molecule has 1 fully saturated rings. The lowest BCUT2D eigenvalue weighted by molar-refractivity contribution is -0.132. The molecule has 1 saturated heterocycles. The third kappa shape index (κ3) is 3.34. The van der Waals surface area contributed by atoms with Crippen molar-refractivity contribution in [1.29, 1.82) is 0 Å². The molecule has 100 valence electrons. The zero-order valence-electron chi connectivity index (χ0n) is 11.1. The first kappa shape index (κ1) is 13.1. The molecular weight excluding hydrogens is 230 g/mol. The molecule has 0 aliphatic carbocycles. The first-order valence-corrected chi connectivity index (χ1v) is 6.38. The fourth-order valence-electron chi connectivity index (χ4n) is 2.14. The number of piperazine rings is 1. The van der Waals surface area contributed by atoms with Gasteiger partial charge in [0, 0.05) is 32.7 Å². The molecule has 0 saturated carbocycles. The number of nitrogens with zero attached hydrogens (tertiary/aromatic N) is 2. The van der Waals surface area contributed by atoms with E-state index in [4.69, 9.17) is 4.42 Å². The molecule has 1 N–H and O–H groups in total. The standard InChI is InChI=1S/C13H21N3O2/c1-11-8-14-5-6-16(11)10-13(17)15(2)9-12-4-3-7-18-12/h3-4,7,11,14H,5-6,8-10H2,1-2H3/t11-/m0/s1. The first-order chi connectivity index (χ1) is 8.66. The highest BCUT2D eigenvalue weighted by Crippen LogP contribution is 2.06. The van der Waals surface area contributed by atoms with Crippen LogP contribution in [0.4, 0.5) is 0 Å². The summed E-state index contributed by atoms with van der Waals surface area (Å²) < 4.78 is 5.25. The van der Waals surface area contributed by atoms with Gasteiger partial charge in [0.1, 0.15) is 5.76 Å². The molecule has 0 aromatic carbocycles. The lowest BCUT2D eigenvalue weighted by atomic mass is 10.2. The Kier molecular flexibility index (Phi) is 4.38. The minimum absolute atomic E-state index is 0.139. The molecule has 0 unspecified atom stereocenters. The molecule has 1 atom stereocenters. The lowest BCUT2D eigenvalue weighted by Crippen LogP contribution is -2.52. The number of likely N-dealkylation sites (N-methyl/N-ethyl adjacent to an activating group) is 1. The molecule has 5 heteroatoms. The second-order valence-corrected chi connectivity index (χ2v) is 4.85. The van der Waals surface area contributed by atoms with Crippen molar-refractivity contribution in [3.05, 3.63) is 24.2 Å². The van der Waals surface area contributed by atoms with Crippen molar-refractivity contribution < 1.29 is 9.21 Å². The van der Waals surface area contributed by atoms with Crippen molar-refractivity contribution in [2.45, 2.75) is 19.5 Å². The monoisotopic (exact) mass is 251 g/mol. The number of hydrogen-bond acceptors (Lipinski definition) is 4. The van der Waals surface area contributed by atoms with Crippen LogP contribution in [-0.2, 0) is 11.3 Å². The molecule has 0 bridgehead atoms. The molecule has 0 spiro atoms. The summed E-state index contributed by atoms with van der Waals surface area (Å²) in [5.74, 6) is 0.958. The summed E-state index contributed by atoms with van der Waals surface area (Å²) in [6.45, 7) is 6.01. The number of amides is 1. The predicted molar refractivity (Wildman–Crippen MR) is 69.1 cm³/mol. The van der Waals surface area contributed by atoms with Crippen molar-refractivity contribution in [2.24, 2.45) is 0 Å². The van der Waals surface area contributed by atoms with E-state index in [1.165, 1.54) is 0 Å². The molecule has 1 amide bonds. The van der Waals surface area contributed by atoms with Gasteiger partial charge in [0.05, 0.1) is 19.4 Å². The minimum atomic E-state index is 0.139. The predicted octanol–water partition coefficient (Wildman–Crippen LogP) is 0.532. The van der Waals surface area contributed by atoms with Crippen molar-refractivity contribution >= 4 is 5.91 Å². The number of furan rings is 1. The molecular formula is C13H21N3O2. The quantitative estimate of drug-likeness (QED) is 0.848. The van der Waals surface area contributed by atoms with Gasteiger partial charge in [-0.3, -0.25) is 9.69 Å². The number of carbonyl (C=O) groups is 1. The maximum Gasteiger partial charge on any atom is 0.236 e. The third-order valence-corrected chi connectivity index (χ3v) is 3.38. The molecule has 0 radical (unpaired) electrons. The summed E-state index contributed by atoms with van der Waals surface area (Å²) in [5, 5.41) is 3.32. The molecule has 2 rings (SSSR count). The van der Waals surface area contributed by atoms with Crippen molar-refractivity contribution in [1.82, 2.24) is 15.1 Å². The van der Waals surface area contributed by atoms with Gasteiger partial charge in [0.15, 0.2) is 0 Å². The fourth-order valence-corrected chi connectivity index (χ4v) is 2.14. The SMILES string of the molecule is C[C@H]1CNCCN1CC(=O)N(C)Cc1ccco1. The molecule has 5 nitrogen and oxygen atoms in total. The van der Waals surface area contributed by atoms with Crippen LogP contribution in [0.2, 0.25) is 0 Å². The van der Waals surface area contributed by atoms with Gasteiger partial charge in [0.25, 0.3) is 0 Å². The van der Waals surface area contributed by atoms with Gasteiger partial charge in [-0.2, -0.15) is 0 Å². The van der Waals surface area contributed by atoms with E-state index >= 15 is 0 Å². The number of hydrogen-bond donors (Lipinski definition) is 1. The highest BCUT2D eigenvalue weighted by Gasteiger charge is 2.22. The fraction of sp³-hybridized carbons (Fsp3) is 0.615. The largest absolute Gasteiger partial charge is 0.467 e. The van der Waals surface area contributed by atoms with Crippen molar-refractivity contribution in [3.8, 4) is 0 Å². The zero-order valence-corrected chi connectivity index (χ0v) is 11.1. The van der Waals surface area contributed by atoms with Gasteiger partial charge in [-0.15, -0.1) is 0 Å². The maximum absolute atomic E-state index is 12.1. The Bertz CT molecular complexity index is 378. The van der Waals surface area contributed by atoms with Gasteiger partial charge in [-0.1, -0.05) is 0 Å². The van der Waals surface area contributed by atoms with E-state index in [0.717, 1.165) is 25.4 Å². The van der Waals surface area contributed by atoms with Crippen LogP contribution >= 0.6 is 0 Å². The average Bonchev–Trinajstić information content (AvgIpc) is 2.84. The van der Waals surface area contributed by atoms with E-state index in [0.29, 0.717) is 19.1 Å². The Morgan fingerprint density at radius 3 is 3.17 bits per heavy atom. The number of carbonyl (C=O) groups excluding carboxylic acids is 1. The van der Waals surface area contributed by atoms with E-state index in [1.807, 2.05) is 19.2 Å². The average molecular weight is 251 g/mol. The van der Waals surface area contributed by atoms with Crippen LogP contribution in [0, 0.1) is 0 Å². The van der Waals surface area contributed by atoms with Crippen LogP contribution in [0.1, 0.15) is 12.7 Å². The van der Waals surface area contributed by atoms with Gasteiger partial charge in [0.2, 0.25) is 5.91 Å². The van der Waals surface area contributed by atoms with E-state index in [1.54, 1.807) is 11.2 Å². The van der Waals surface area contributed by atoms with E-state index in [9.17, 15) is 4.79 Å². The Morgan fingerprint density at radius 1 is 1.67 bits per heavy atom. The lowest BCUT2D eigenvalue weighted by Gasteiger charge is -2.34. The van der Waals surface area contributed by atoms with Gasteiger partial charge >= 0.3 is 0 Å². The second kappa shape index (κ2) is 6.02. The summed E-state index contributed by atoms with van der Waals surface area (Å²) in [6, 6.07) is 4.14. The van der Waals surface area contributed by atoms with Crippen molar-refractivity contribution in [2.75, 3.05) is 33.2 Å². The van der Waals surface area contributed by atoms with Crippen LogP contribution in [0.5, 0.6) is 0 Å². The minimum Gasteiger partial charge on any atom is -0.467 e. The first-order valence-electron chi connectivity index (χ1n) is 6.38. The number of nitrogens with one attached hydrogen (secondary N) is 1. The van der Waals surface area contributed by atoms with Crippen LogP contribution in [0.3, 0.4) is 0 Å².